The molecule has 4 aliphatic rings. The summed E-state index contributed by atoms with van der Waals surface area (Å²) in [6, 6.07) is 8.02. The first-order valence-corrected chi connectivity index (χ1v) is 11.3. The Kier molecular flexibility index (Phi) is 4.31. The van der Waals surface area contributed by atoms with E-state index in [0.29, 0.717) is 35.7 Å². The highest BCUT2D eigenvalue weighted by Crippen LogP contribution is 2.65. The number of carbonyl (C=O) groups is 2. The van der Waals surface area contributed by atoms with Crippen LogP contribution in [0.2, 0.25) is 0 Å². The van der Waals surface area contributed by atoms with E-state index in [1.54, 1.807) is 7.11 Å². The molecule has 0 aliphatic heterocycles. The largest absolute Gasteiger partial charge is 0.497 e. The fraction of sp³-hybridized carbons (Fsp3) is 0.615. The van der Waals surface area contributed by atoms with E-state index in [1.807, 2.05) is 24.3 Å². The van der Waals surface area contributed by atoms with Gasteiger partial charge < -0.3 is 4.74 Å². The maximum Gasteiger partial charge on any atom is 0.163 e. The average molecular weight is 393 g/mol. The number of allylic oxidation sites excluding steroid dienone is 1. The molecule has 3 nitrogen and oxygen atoms in total. The van der Waals surface area contributed by atoms with Gasteiger partial charge in [-0.3, -0.25) is 9.59 Å². The van der Waals surface area contributed by atoms with Crippen molar-refractivity contribution in [1.82, 2.24) is 0 Å². The summed E-state index contributed by atoms with van der Waals surface area (Å²) in [5.41, 5.74) is 3.44. The molecule has 154 valence electrons. The predicted molar refractivity (Wildman–Crippen MR) is 114 cm³/mol. The number of hydrogen-bond acceptors (Lipinski definition) is 3. The summed E-state index contributed by atoms with van der Waals surface area (Å²) < 4.78 is 5.31. The normalized spacial score (nSPS) is 39.1. The quantitative estimate of drug-likeness (QED) is 0.656. The second-order valence-electron chi connectivity index (χ2n) is 10.3. The Morgan fingerprint density at radius 3 is 2.31 bits per heavy atom. The molecule has 29 heavy (non-hydrogen) atoms. The van der Waals surface area contributed by atoms with Gasteiger partial charge in [0, 0.05) is 23.8 Å². The molecule has 5 atom stereocenters. The monoisotopic (exact) mass is 392 g/mol. The third kappa shape index (κ3) is 2.62. The van der Waals surface area contributed by atoms with E-state index in [2.05, 4.69) is 13.8 Å². The zero-order valence-electron chi connectivity index (χ0n) is 17.9. The van der Waals surface area contributed by atoms with Crippen molar-refractivity contribution in [3.8, 4) is 5.75 Å². The van der Waals surface area contributed by atoms with Gasteiger partial charge in [0.1, 0.15) is 11.5 Å². The summed E-state index contributed by atoms with van der Waals surface area (Å²) in [4.78, 5) is 25.7. The predicted octanol–water partition coefficient (Wildman–Crippen LogP) is 5.62. The van der Waals surface area contributed by atoms with Crippen molar-refractivity contribution in [2.24, 2.45) is 28.6 Å². The minimum absolute atomic E-state index is 0.0813. The summed E-state index contributed by atoms with van der Waals surface area (Å²) in [7, 11) is 1.67. The Balaban J connectivity index is 1.56. The molecule has 5 rings (SSSR count). The van der Waals surface area contributed by atoms with Gasteiger partial charge in [0.05, 0.1) is 7.11 Å². The maximum atomic E-state index is 13.0. The number of ketones is 2. The molecule has 1 aromatic rings. The fourth-order valence-corrected chi connectivity index (χ4v) is 7.58. The van der Waals surface area contributed by atoms with Crippen molar-refractivity contribution in [1.29, 1.82) is 0 Å². The number of Topliss-reactive ketones (excluding diaryl/α,β-unsaturated/α-hetero) is 2. The highest BCUT2D eigenvalue weighted by atomic mass is 16.5. The first-order chi connectivity index (χ1) is 13.9. The number of benzene rings is 1. The Morgan fingerprint density at radius 1 is 0.862 bits per heavy atom. The summed E-state index contributed by atoms with van der Waals surface area (Å²) in [5.74, 6) is 3.43. The van der Waals surface area contributed by atoms with E-state index in [1.165, 1.54) is 5.57 Å². The topological polar surface area (TPSA) is 43.4 Å². The zero-order valence-corrected chi connectivity index (χ0v) is 17.9. The van der Waals surface area contributed by atoms with Gasteiger partial charge in [-0.15, -0.1) is 0 Å². The van der Waals surface area contributed by atoms with E-state index in [4.69, 9.17) is 4.74 Å². The van der Waals surface area contributed by atoms with Crippen LogP contribution in [0.15, 0.2) is 29.8 Å². The van der Waals surface area contributed by atoms with Crippen LogP contribution in [0.3, 0.4) is 0 Å². The standard InChI is InChI=1S/C26H32O3/c1-25-15-13-22(27)24(16-4-6-17(29-3)7-5-16)21(25)9-8-18-19-10-11-23(28)26(19,2)14-12-20(18)25/h4-7,18-20H,8-15H2,1-3H3/t18-,19-,20-,25+,26-/m0/s1. The second kappa shape index (κ2) is 6.55. The maximum absolute atomic E-state index is 13.0. The van der Waals surface area contributed by atoms with Crippen molar-refractivity contribution < 1.29 is 14.3 Å². The molecule has 4 aliphatic carbocycles. The Labute approximate surface area is 173 Å². The summed E-state index contributed by atoms with van der Waals surface area (Å²) >= 11 is 0. The van der Waals surface area contributed by atoms with Crippen LogP contribution in [-0.4, -0.2) is 18.7 Å². The van der Waals surface area contributed by atoms with E-state index in [-0.39, 0.29) is 10.8 Å². The van der Waals surface area contributed by atoms with Gasteiger partial charge in [0.15, 0.2) is 5.78 Å². The van der Waals surface area contributed by atoms with E-state index in [0.717, 1.165) is 61.8 Å². The third-order valence-electron chi connectivity index (χ3n) is 9.21. The van der Waals surface area contributed by atoms with Crippen LogP contribution >= 0.6 is 0 Å². The number of hydrogen-bond donors (Lipinski definition) is 0. The van der Waals surface area contributed by atoms with Gasteiger partial charge in [0.2, 0.25) is 0 Å². The highest BCUT2D eigenvalue weighted by molar-refractivity contribution is 6.22. The van der Waals surface area contributed by atoms with Crippen LogP contribution < -0.4 is 4.74 Å². The lowest BCUT2D eigenvalue weighted by molar-refractivity contribution is -0.132. The van der Waals surface area contributed by atoms with Crippen LogP contribution in [-0.2, 0) is 9.59 Å². The summed E-state index contributed by atoms with van der Waals surface area (Å²) in [5, 5.41) is 0. The molecular weight excluding hydrogens is 360 g/mol. The van der Waals surface area contributed by atoms with E-state index >= 15 is 0 Å². The molecule has 1 aromatic carbocycles. The lowest BCUT2D eigenvalue weighted by Crippen LogP contribution is -2.51. The Bertz CT molecular complexity index is 895. The van der Waals surface area contributed by atoms with E-state index < -0.39 is 0 Å². The van der Waals surface area contributed by atoms with Gasteiger partial charge in [-0.25, -0.2) is 0 Å². The third-order valence-corrected chi connectivity index (χ3v) is 9.21. The number of fused-ring (bicyclic) bond motifs is 5. The molecule has 0 heterocycles. The molecular formula is C26H32O3. The van der Waals surface area contributed by atoms with Crippen LogP contribution in [0.5, 0.6) is 5.75 Å². The Morgan fingerprint density at radius 2 is 1.59 bits per heavy atom. The van der Waals surface area contributed by atoms with Crippen molar-refractivity contribution in [3.05, 3.63) is 35.4 Å². The van der Waals surface area contributed by atoms with Crippen LogP contribution in [0.25, 0.3) is 5.57 Å². The Hall–Kier alpha value is -1.90. The van der Waals surface area contributed by atoms with Gasteiger partial charge in [-0.05, 0) is 79.4 Å². The molecule has 3 heteroatoms. The molecule has 0 bridgehead atoms. The molecule has 0 radical (unpaired) electrons. The van der Waals surface area contributed by atoms with Gasteiger partial charge >= 0.3 is 0 Å². The lowest BCUT2D eigenvalue weighted by atomic mass is 9.46. The molecule has 0 amide bonds. The van der Waals surface area contributed by atoms with Gasteiger partial charge in [-0.1, -0.05) is 31.6 Å². The molecule has 0 spiro atoms. The number of ether oxygens (including phenoxy) is 1. The van der Waals surface area contributed by atoms with Gasteiger partial charge in [0.25, 0.3) is 0 Å². The average Bonchev–Trinajstić information content (AvgIpc) is 3.03. The molecule has 0 saturated heterocycles. The fourth-order valence-electron chi connectivity index (χ4n) is 7.58. The van der Waals surface area contributed by atoms with Gasteiger partial charge in [-0.2, -0.15) is 0 Å². The highest BCUT2D eigenvalue weighted by Gasteiger charge is 2.59. The smallest absolute Gasteiger partial charge is 0.163 e. The molecule has 0 aromatic heterocycles. The number of rotatable bonds is 2. The minimum Gasteiger partial charge on any atom is -0.497 e. The second-order valence-corrected chi connectivity index (χ2v) is 10.3. The van der Waals surface area contributed by atoms with Crippen LogP contribution in [0.4, 0.5) is 0 Å². The van der Waals surface area contributed by atoms with E-state index in [9.17, 15) is 9.59 Å². The van der Waals surface area contributed by atoms with Crippen molar-refractivity contribution >= 4 is 17.1 Å². The molecule has 3 fully saturated rings. The zero-order chi connectivity index (χ0) is 20.4. The molecule has 0 unspecified atom stereocenters. The SMILES string of the molecule is COc1ccc(C2=C3CC[C@@H]4[C@H](CC[C@]5(C)C(=O)CC[C@@H]45)[C@@]3(C)CCC2=O)cc1. The van der Waals surface area contributed by atoms with Crippen LogP contribution in [0.1, 0.15) is 70.8 Å². The number of methoxy groups -OCH3 is 1. The summed E-state index contributed by atoms with van der Waals surface area (Å²) in [6.07, 6.45) is 7.78. The van der Waals surface area contributed by atoms with Crippen molar-refractivity contribution in [3.63, 3.8) is 0 Å². The lowest BCUT2D eigenvalue weighted by Gasteiger charge is -2.57. The molecule has 3 saturated carbocycles. The molecule has 0 N–H and O–H groups in total. The minimum atomic E-state index is -0.0813. The van der Waals surface area contributed by atoms with Crippen LogP contribution in [0, 0.1) is 28.6 Å². The number of carbonyl (C=O) groups excluding carboxylic acids is 2. The van der Waals surface area contributed by atoms with Crippen molar-refractivity contribution in [2.75, 3.05) is 7.11 Å². The summed E-state index contributed by atoms with van der Waals surface area (Å²) in [6.45, 7) is 4.67. The van der Waals surface area contributed by atoms with Crippen molar-refractivity contribution in [2.45, 2.75) is 65.2 Å². The first-order valence-electron chi connectivity index (χ1n) is 11.3. The first kappa shape index (κ1) is 19.1.